The van der Waals surface area contributed by atoms with Crippen LogP contribution in [0, 0.1) is 0 Å². The first kappa shape index (κ1) is 15.1. The second kappa shape index (κ2) is 6.14. The van der Waals surface area contributed by atoms with Crippen LogP contribution in [0.25, 0.3) is 11.0 Å². The maximum atomic E-state index is 12.3. The normalized spacial score (nSPS) is 10.8. The molecule has 0 bridgehead atoms. The van der Waals surface area contributed by atoms with Crippen LogP contribution in [0.2, 0.25) is 0 Å². The minimum absolute atomic E-state index is 0.0499. The predicted octanol–water partition coefficient (Wildman–Crippen LogP) is 3.49. The highest BCUT2D eigenvalue weighted by molar-refractivity contribution is 9.11. The molecule has 2 heterocycles. The summed E-state index contributed by atoms with van der Waals surface area (Å²) in [6.07, 6.45) is 3.54. The van der Waals surface area contributed by atoms with Crippen molar-refractivity contribution in [2.45, 2.75) is 6.54 Å². The van der Waals surface area contributed by atoms with Gasteiger partial charge in [0.25, 0.3) is 0 Å². The first-order chi connectivity index (χ1) is 10.5. The quantitative estimate of drug-likeness (QED) is 0.368. The zero-order valence-corrected chi connectivity index (χ0v) is 14.4. The van der Waals surface area contributed by atoms with E-state index in [1.165, 1.54) is 0 Å². The Morgan fingerprint density at radius 1 is 1.09 bits per heavy atom. The topological polar surface area (TPSA) is 51.2 Å². The zero-order chi connectivity index (χ0) is 15.7. The second-order valence-corrected chi connectivity index (χ2v) is 6.49. The molecule has 0 aliphatic rings. The fraction of sp³-hybridized carbons (Fsp3) is 0.0625. The summed E-state index contributed by atoms with van der Waals surface area (Å²) in [4.78, 5) is 24.4. The maximum absolute atomic E-state index is 12.3. The van der Waals surface area contributed by atoms with Gasteiger partial charge in [-0.1, -0.05) is 22.0 Å². The number of hydrogen-bond donors (Lipinski definition) is 0. The van der Waals surface area contributed by atoms with Crippen LogP contribution in [-0.2, 0) is 6.54 Å². The van der Waals surface area contributed by atoms with Crippen molar-refractivity contribution >= 4 is 48.6 Å². The Morgan fingerprint density at radius 2 is 1.82 bits per heavy atom. The minimum Gasteiger partial charge on any atom is -0.421 e. The number of aromatic nitrogens is 1. The third-order valence-electron chi connectivity index (χ3n) is 3.16. The Kier molecular flexibility index (Phi) is 4.22. The van der Waals surface area contributed by atoms with E-state index < -0.39 is 5.63 Å². The summed E-state index contributed by atoms with van der Waals surface area (Å²) in [5.41, 5.74) is -0.150. The van der Waals surface area contributed by atoms with Gasteiger partial charge in [0.2, 0.25) is 12.3 Å². The van der Waals surface area contributed by atoms with Gasteiger partial charge in [-0.3, -0.25) is 4.79 Å². The van der Waals surface area contributed by atoms with E-state index in [1.807, 2.05) is 18.2 Å². The predicted molar refractivity (Wildman–Crippen MR) is 88.9 cm³/mol. The van der Waals surface area contributed by atoms with Gasteiger partial charge in [0, 0.05) is 22.0 Å². The standard InChI is InChI=1S/C16H10Br2NO3/c17-11-6-10-7-12(16(21)22-15(10)13(18)8-11)14(20)9-19-4-2-1-3-5-19/h1-8H,9H2/q+1. The van der Waals surface area contributed by atoms with Crippen molar-refractivity contribution in [3.8, 4) is 0 Å². The van der Waals surface area contributed by atoms with Crippen molar-refractivity contribution in [2.24, 2.45) is 0 Å². The molecule has 0 aliphatic carbocycles. The number of benzene rings is 1. The van der Waals surface area contributed by atoms with Crippen LogP contribution in [0.5, 0.6) is 0 Å². The van der Waals surface area contributed by atoms with Gasteiger partial charge in [-0.15, -0.1) is 0 Å². The smallest absolute Gasteiger partial charge is 0.347 e. The number of fused-ring (bicyclic) bond motifs is 1. The van der Waals surface area contributed by atoms with Crippen molar-refractivity contribution in [2.75, 3.05) is 0 Å². The summed E-state index contributed by atoms with van der Waals surface area (Å²) in [6, 6.07) is 10.7. The Bertz CT molecular complexity index is 920. The summed E-state index contributed by atoms with van der Waals surface area (Å²) < 4.78 is 8.48. The molecule has 6 heteroatoms. The van der Waals surface area contributed by atoms with E-state index in [1.54, 1.807) is 35.2 Å². The van der Waals surface area contributed by atoms with Gasteiger partial charge in [-0.05, 0) is 34.1 Å². The fourth-order valence-electron chi connectivity index (χ4n) is 2.14. The van der Waals surface area contributed by atoms with Crippen molar-refractivity contribution in [1.82, 2.24) is 0 Å². The number of hydrogen-bond acceptors (Lipinski definition) is 3. The molecule has 2 aromatic heterocycles. The summed E-state index contributed by atoms with van der Waals surface area (Å²) in [6.45, 7) is 0.0896. The lowest BCUT2D eigenvalue weighted by atomic mass is 10.1. The summed E-state index contributed by atoms with van der Waals surface area (Å²) in [5, 5.41) is 0.683. The molecule has 3 aromatic rings. The number of carbonyl (C=O) groups is 1. The van der Waals surface area contributed by atoms with E-state index in [0.29, 0.717) is 15.4 Å². The highest BCUT2D eigenvalue weighted by atomic mass is 79.9. The summed E-state index contributed by atoms with van der Waals surface area (Å²) in [7, 11) is 0. The van der Waals surface area contributed by atoms with Crippen molar-refractivity contribution < 1.29 is 13.8 Å². The third kappa shape index (κ3) is 3.03. The molecule has 4 nitrogen and oxygen atoms in total. The Hall–Kier alpha value is -1.79. The molecule has 0 N–H and O–H groups in total. The Labute approximate surface area is 142 Å². The van der Waals surface area contributed by atoms with E-state index >= 15 is 0 Å². The molecular weight excluding hydrogens is 414 g/mol. The molecule has 22 heavy (non-hydrogen) atoms. The molecule has 0 amide bonds. The maximum Gasteiger partial charge on any atom is 0.347 e. The van der Waals surface area contributed by atoms with Gasteiger partial charge < -0.3 is 4.42 Å². The number of Topliss-reactive ketones (excluding diaryl/α,β-unsaturated/α-hetero) is 1. The molecule has 0 saturated carbocycles. The average molecular weight is 424 g/mol. The highest BCUT2D eigenvalue weighted by Crippen LogP contribution is 2.28. The SMILES string of the molecule is O=C(C[n+]1ccccc1)c1cc2cc(Br)cc(Br)c2oc1=O. The molecule has 1 aromatic carbocycles. The van der Waals surface area contributed by atoms with Gasteiger partial charge in [0.1, 0.15) is 5.56 Å². The van der Waals surface area contributed by atoms with E-state index in [2.05, 4.69) is 31.9 Å². The largest absolute Gasteiger partial charge is 0.421 e. The van der Waals surface area contributed by atoms with Crippen molar-refractivity contribution in [3.63, 3.8) is 0 Å². The van der Waals surface area contributed by atoms with Gasteiger partial charge in [-0.25, -0.2) is 4.79 Å². The summed E-state index contributed by atoms with van der Waals surface area (Å²) >= 11 is 6.72. The first-order valence-corrected chi connectivity index (χ1v) is 8.03. The van der Waals surface area contributed by atoms with Crippen molar-refractivity contribution in [3.05, 3.63) is 73.7 Å². The molecule has 0 aliphatic heterocycles. The molecule has 0 radical (unpaired) electrons. The fourth-order valence-corrected chi connectivity index (χ4v) is 3.48. The molecule has 0 unspecified atom stereocenters. The van der Waals surface area contributed by atoms with Crippen LogP contribution in [0.1, 0.15) is 10.4 Å². The number of nitrogens with zero attached hydrogens (tertiary/aromatic N) is 1. The molecule has 0 atom stereocenters. The average Bonchev–Trinajstić information content (AvgIpc) is 2.48. The van der Waals surface area contributed by atoms with Crippen LogP contribution in [-0.4, -0.2) is 5.78 Å². The number of ketones is 1. The zero-order valence-electron chi connectivity index (χ0n) is 11.3. The van der Waals surface area contributed by atoms with Crippen LogP contribution < -0.4 is 10.2 Å². The van der Waals surface area contributed by atoms with Crippen molar-refractivity contribution in [1.29, 1.82) is 0 Å². The van der Waals surface area contributed by atoms with E-state index in [4.69, 9.17) is 4.42 Å². The minimum atomic E-state index is -0.628. The van der Waals surface area contributed by atoms with E-state index in [0.717, 1.165) is 4.47 Å². The molecular formula is C16H10Br2NO3+. The lowest BCUT2D eigenvalue weighted by Crippen LogP contribution is -2.38. The third-order valence-corrected chi connectivity index (χ3v) is 4.20. The highest BCUT2D eigenvalue weighted by Gasteiger charge is 2.18. The van der Waals surface area contributed by atoms with Gasteiger partial charge in [0.05, 0.1) is 4.47 Å². The van der Waals surface area contributed by atoms with E-state index in [-0.39, 0.29) is 17.9 Å². The molecule has 110 valence electrons. The van der Waals surface area contributed by atoms with Crippen LogP contribution in [0.4, 0.5) is 0 Å². The van der Waals surface area contributed by atoms with Gasteiger partial charge in [0.15, 0.2) is 18.0 Å². The lowest BCUT2D eigenvalue weighted by Gasteiger charge is -2.03. The second-order valence-electron chi connectivity index (χ2n) is 4.72. The van der Waals surface area contributed by atoms with Crippen LogP contribution in [0.3, 0.4) is 0 Å². The van der Waals surface area contributed by atoms with Crippen LogP contribution in [0.15, 0.2) is 66.9 Å². The van der Waals surface area contributed by atoms with E-state index in [9.17, 15) is 9.59 Å². The van der Waals surface area contributed by atoms with Crippen LogP contribution >= 0.6 is 31.9 Å². The number of carbonyl (C=O) groups excluding carboxylic acids is 1. The molecule has 0 saturated heterocycles. The van der Waals surface area contributed by atoms with Gasteiger partial charge >= 0.3 is 5.63 Å². The summed E-state index contributed by atoms with van der Waals surface area (Å²) in [5.74, 6) is -0.289. The lowest BCUT2D eigenvalue weighted by molar-refractivity contribution is -0.683. The first-order valence-electron chi connectivity index (χ1n) is 6.45. The Balaban J connectivity index is 2.05. The molecule has 0 spiro atoms. The number of halogens is 2. The molecule has 3 rings (SSSR count). The number of pyridine rings is 1. The Morgan fingerprint density at radius 3 is 2.55 bits per heavy atom. The van der Waals surface area contributed by atoms with Gasteiger partial charge in [-0.2, -0.15) is 4.57 Å². The molecule has 0 fully saturated rings. The monoisotopic (exact) mass is 422 g/mol. The number of rotatable bonds is 3.